The monoisotopic (exact) mass is 550 g/mol. The molecule has 0 atom stereocenters. The summed E-state index contributed by atoms with van der Waals surface area (Å²) in [6.45, 7) is 6.24. The topological polar surface area (TPSA) is 25.8 Å². The van der Waals surface area contributed by atoms with Gasteiger partial charge in [-0.15, -0.1) is 0 Å². The first kappa shape index (κ1) is 26.3. The molecule has 0 bridgehead atoms. The van der Waals surface area contributed by atoms with E-state index in [0.717, 1.165) is 39.2 Å². The zero-order valence-electron chi connectivity index (χ0n) is 24.0. The van der Waals surface area contributed by atoms with E-state index in [1.165, 1.54) is 32.3 Å². The summed E-state index contributed by atoms with van der Waals surface area (Å²) in [6, 6.07) is 44.9. The van der Waals surface area contributed by atoms with Crippen molar-refractivity contribution in [3.05, 3.63) is 164 Å². The van der Waals surface area contributed by atoms with Crippen LogP contribution in [0.3, 0.4) is 0 Å². The van der Waals surface area contributed by atoms with Gasteiger partial charge in [0.15, 0.2) is 5.82 Å². The third-order valence-corrected chi connectivity index (χ3v) is 7.93. The lowest BCUT2D eigenvalue weighted by molar-refractivity contribution is 1.19. The number of fused-ring (bicyclic) bond motifs is 4. The van der Waals surface area contributed by atoms with Crippen LogP contribution in [0.5, 0.6) is 0 Å². The van der Waals surface area contributed by atoms with Crippen molar-refractivity contribution in [2.75, 3.05) is 0 Å². The highest BCUT2D eigenvalue weighted by Crippen LogP contribution is 2.36. The van der Waals surface area contributed by atoms with Gasteiger partial charge in [0.05, 0.1) is 11.4 Å². The van der Waals surface area contributed by atoms with Crippen LogP contribution in [0, 0.1) is 0 Å². The summed E-state index contributed by atoms with van der Waals surface area (Å²) in [7, 11) is 0. The van der Waals surface area contributed by atoms with Gasteiger partial charge in [0.25, 0.3) is 0 Å². The van der Waals surface area contributed by atoms with Crippen molar-refractivity contribution in [3.8, 4) is 33.9 Å². The van der Waals surface area contributed by atoms with Crippen molar-refractivity contribution < 1.29 is 0 Å². The predicted octanol–water partition coefficient (Wildman–Crippen LogP) is 11.1. The smallest absolute Gasteiger partial charge is 0.160 e. The summed E-state index contributed by atoms with van der Waals surface area (Å²) < 4.78 is 0. The zero-order chi connectivity index (χ0) is 29.2. The standard InChI is InChI=1S/C41H30N2/c1-3-4-5-12-28(2)29-19-22-31(23-20-29)41-42-39(34-24-21-30-13-6-7-14-32(30)25-34)27-40(43-41)38-26-33-15-8-9-16-35(33)36-17-10-11-18-37(36)38/h3-27H,2H2,1H3/b4-3-,12-5-. The summed E-state index contributed by atoms with van der Waals surface area (Å²) in [5.41, 5.74) is 6.94. The quantitative estimate of drug-likeness (QED) is 0.152. The number of allylic oxidation sites excluding steroid dienone is 5. The van der Waals surface area contributed by atoms with E-state index in [1.807, 2.05) is 31.2 Å². The van der Waals surface area contributed by atoms with Crippen LogP contribution in [-0.4, -0.2) is 9.97 Å². The fourth-order valence-corrected chi connectivity index (χ4v) is 5.69. The summed E-state index contributed by atoms with van der Waals surface area (Å²) in [4.78, 5) is 10.3. The molecule has 6 aromatic carbocycles. The number of hydrogen-bond donors (Lipinski definition) is 0. The molecule has 43 heavy (non-hydrogen) atoms. The number of hydrogen-bond acceptors (Lipinski definition) is 2. The second-order valence-corrected chi connectivity index (χ2v) is 10.7. The Bertz CT molecular complexity index is 2200. The van der Waals surface area contributed by atoms with Crippen LogP contribution in [0.25, 0.3) is 71.8 Å². The summed E-state index contributed by atoms with van der Waals surface area (Å²) in [5.74, 6) is 0.694. The molecule has 0 fully saturated rings. The minimum atomic E-state index is 0.694. The van der Waals surface area contributed by atoms with Gasteiger partial charge in [-0.25, -0.2) is 9.97 Å². The van der Waals surface area contributed by atoms with Crippen molar-refractivity contribution >= 4 is 37.9 Å². The Morgan fingerprint density at radius 1 is 0.558 bits per heavy atom. The first-order chi connectivity index (χ1) is 21.2. The predicted molar refractivity (Wildman–Crippen MR) is 184 cm³/mol. The summed E-state index contributed by atoms with van der Waals surface area (Å²) in [5, 5.41) is 7.22. The van der Waals surface area contributed by atoms with Crippen molar-refractivity contribution in [2.45, 2.75) is 6.92 Å². The molecule has 0 aliphatic rings. The maximum Gasteiger partial charge on any atom is 0.160 e. The Hall–Kier alpha value is -5.60. The molecule has 0 aliphatic heterocycles. The van der Waals surface area contributed by atoms with Gasteiger partial charge in [0, 0.05) is 16.7 Å². The molecule has 1 aromatic heterocycles. The Morgan fingerprint density at radius 3 is 2.00 bits per heavy atom. The molecule has 204 valence electrons. The molecule has 7 rings (SSSR count). The Kier molecular flexibility index (Phi) is 6.94. The van der Waals surface area contributed by atoms with E-state index >= 15 is 0 Å². The Morgan fingerprint density at radius 2 is 1.21 bits per heavy atom. The van der Waals surface area contributed by atoms with Crippen molar-refractivity contribution in [2.24, 2.45) is 0 Å². The van der Waals surface area contributed by atoms with Gasteiger partial charge in [-0.3, -0.25) is 0 Å². The normalized spacial score (nSPS) is 11.7. The Balaban J connectivity index is 1.42. The second-order valence-electron chi connectivity index (χ2n) is 10.7. The molecule has 0 amide bonds. The average Bonchev–Trinajstić information content (AvgIpc) is 3.07. The van der Waals surface area contributed by atoms with Crippen LogP contribution in [0.15, 0.2) is 158 Å². The molecule has 0 N–H and O–H groups in total. The molecule has 0 radical (unpaired) electrons. The lowest BCUT2D eigenvalue weighted by atomic mass is 9.94. The van der Waals surface area contributed by atoms with Crippen LogP contribution in [0.4, 0.5) is 0 Å². The van der Waals surface area contributed by atoms with Crippen molar-refractivity contribution in [1.29, 1.82) is 0 Å². The molecule has 0 spiro atoms. The molecule has 2 heteroatoms. The molecule has 0 saturated heterocycles. The second kappa shape index (κ2) is 11.3. The van der Waals surface area contributed by atoms with E-state index < -0.39 is 0 Å². The van der Waals surface area contributed by atoms with E-state index in [1.54, 1.807) is 0 Å². The molecule has 0 unspecified atom stereocenters. The number of benzene rings is 6. The van der Waals surface area contributed by atoms with Crippen LogP contribution in [0.2, 0.25) is 0 Å². The summed E-state index contributed by atoms with van der Waals surface area (Å²) >= 11 is 0. The lowest BCUT2D eigenvalue weighted by Gasteiger charge is -2.14. The number of rotatable bonds is 6. The highest BCUT2D eigenvalue weighted by Gasteiger charge is 2.15. The molecule has 7 aromatic rings. The lowest BCUT2D eigenvalue weighted by Crippen LogP contribution is -1.97. The molecule has 0 saturated carbocycles. The zero-order valence-corrected chi connectivity index (χ0v) is 24.0. The third kappa shape index (κ3) is 5.16. The van der Waals surface area contributed by atoms with Gasteiger partial charge in [-0.1, -0.05) is 140 Å². The minimum Gasteiger partial charge on any atom is -0.228 e. The van der Waals surface area contributed by atoms with Gasteiger partial charge in [0.2, 0.25) is 0 Å². The van der Waals surface area contributed by atoms with Crippen LogP contribution in [0.1, 0.15) is 12.5 Å². The third-order valence-electron chi connectivity index (χ3n) is 7.93. The maximum atomic E-state index is 5.20. The van der Waals surface area contributed by atoms with E-state index in [-0.39, 0.29) is 0 Å². The van der Waals surface area contributed by atoms with Gasteiger partial charge >= 0.3 is 0 Å². The Labute approximate surface area is 252 Å². The van der Waals surface area contributed by atoms with Gasteiger partial charge in [-0.2, -0.15) is 0 Å². The molecular formula is C41H30N2. The van der Waals surface area contributed by atoms with Crippen LogP contribution >= 0.6 is 0 Å². The number of aromatic nitrogens is 2. The van der Waals surface area contributed by atoms with E-state index in [4.69, 9.17) is 9.97 Å². The maximum absolute atomic E-state index is 5.20. The summed E-state index contributed by atoms with van der Waals surface area (Å²) in [6.07, 6.45) is 8.04. The first-order valence-corrected chi connectivity index (χ1v) is 14.6. The number of nitrogens with zero attached hydrogens (tertiary/aromatic N) is 2. The highest BCUT2D eigenvalue weighted by atomic mass is 14.9. The van der Waals surface area contributed by atoms with Gasteiger partial charge in [-0.05, 0) is 68.6 Å². The minimum absolute atomic E-state index is 0.694. The van der Waals surface area contributed by atoms with E-state index in [0.29, 0.717) is 5.82 Å². The molecule has 0 aliphatic carbocycles. The first-order valence-electron chi connectivity index (χ1n) is 14.6. The fourth-order valence-electron chi connectivity index (χ4n) is 5.69. The largest absolute Gasteiger partial charge is 0.228 e. The fraction of sp³-hybridized carbons (Fsp3) is 0.0244. The average molecular weight is 551 g/mol. The van der Waals surface area contributed by atoms with E-state index in [2.05, 4.69) is 134 Å². The van der Waals surface area contributed by atoms with E-state index in [9.17, 15) is 0 Å². The van der Waals surface area contributed by atoms with Crippen LogP contribution in [-0.2, 0) is 0 Å². The van der Waals surface area contributed by atoms with Crippen molar-refractivity contribution in [3.63, 3.8) is 0 Å². The highest BCUT2D eigenvalue weighted by molar-refractivity contribution is 6.13. The van der Waals surface area contributed by atoms with Gasteiger partial charge in [0.1, 0.15) is 0 Å². The molecule has 2 nitrogen and oxygen atoms in total. The molecule has 1 heterocycles. The molecular weight excluding hydrogens is 520 g/mol. The van der Waals surface area contributed by atoms with Crippen molar-refractivity contribution in [1.82, 2.24) is 9.97 Å². The SMILES string of the molecule is C=C(/C=C\C=C/C)c1ccc(-c2nc(-c3ccc4ccccc4c3)cc(-c3cc4ccccc4c4ccccc34)n2)cc1. The van der Waals surface area contributed by atoms with Gasteiger partial charge < -0.3 is 0 Å². The van der Waals surface area contributed by atoms with Crippen LogP contribution < -0.4 is 0 Å².